The fourth-order valence-electron chi connectivity index (χ4n) is 5.82. The SMILES string of the molecule is CC[C@H](CO)NC[C@@H]1C(=O)O[C@H]2C[C@]3(C)CCC[C@@]4(CO4)[C@@H]3C[C@@H]21. The number of hydrogen-bond acceptors (Lipinski definition) is 5. The minimum Gasteiger partial charge on any atom is -0.462 e. The molecule has 5 nitrogen and oxygen atoms in total. The number of esters is 1. The van der Waals surface area contributed by atoms with Crippen LogP contribution < -0.4 is 5.32 Å². The summed E-state index contributed by atoms with van der Waals surface area (Å²) in [6.45, 7) is 6.08. The standard InChI is InChI=1S/C19H31NO4/c1-3-12(10-21)20-9-14-13-7-16-18(2,8-15(13)24-17(14)22)5-4-6-19(16)11-23-19/h12-16,20-21H,3-11H2,1-2H3/t12-,13-,14+,15+,16-,18+,19-/m1/s1. The zero-order valence-corrected chi connectivity index (χ0v) is 14.9. The van der Waals surface area contributed by atoms with Gasteiger partial charge in [0.1, 0.15) is 6.10 Å². The van der Waals surface area contributed by atoms with Crippen molar-refractivity contribution in [3.63, 3.8) is 0 Å². The van der Waals surface area contributed by atoms with Gasteiger partial charge in [-0.25, -0.2) is 0 Å². The van der Waals surface area contributed by atoms with E-state index >= 15 is 0 Å². The van der Waals surface area contributed by atoms with Crippen LogP contribution in [0.15, 0.2) is 0 Å². The number of carbonyl (C=O) groups is 1. The smallest absolute Gasteiger partial charge is 0.310 e. The lowest BCUT2D eigenvalue weighted by atomic mass is 9.53. The molecule has 2 N–H and O–H groups in total. The molecule has 2 saturated heterocycles. The van der Waals surface area contributed by atoms with Gasteiger partial charge < -0.3 is 19.9 Å². The van der Waals surface area contributed by atoms with E-state index in [9.17, 15) is 9.90 Å². The van der Waals surface area contributed by atoms with Crippen molar-refractivity contribution in [3.05, 3.63) is 0 Å². The molecule has 24 heavy (non-hydrogen) atoms. The largest absolute Gasteiger partial charge is 0.462 e. The maximum absolute atomic E-state index is 12.5. The number of nitrogens with one attached hydrogen (secondary N) is 1. The summed E-state index contributed by atoms with van der Waals surface area (Å²) in [6, 6.07) is 0.0681. The third kappa shape index (κ3) is 2.60. The first kappa shape index (κ1) is 16.8. The van der Waals surface area contributed by atoms with Gasteiger partial charge in [-0.1, -0.05) is 13.8 Å². The monoisotopic (exact) mass is 337 g/mol. The molecule has 2 aliphatic heterocycles. The number of epoxide rings is 1. The van der Waals surface area contributed by atoms with E-state index in [-0.39, 0.29) is 41.7 Å². The van der Waals surface area contributed by atoms with E-state index < -0.39 is 0 Å². The van der Waals surface area contributed by atoms with E-state index in [1.54, 1.807) is 0 Å². The summed E-state index contributed by atoms with van der Waals surface area (Å²) < 4.78 is 11.7. The Balaban J connectivity index is 1.49. The zero-order valence-electron chi connectivity index (χ0n) is 14.9. The first-order valence-electron chi connectivity index (χ1n) is 9.70. The molecule has 2 heterocycles. The zero-order chi connectivity index (χ0) is 16.9. The highest BCUT2D eigenvalue weighted by Crippen LogP contribution is 2.62. The Morgan fingerprint density at radius 2 is 2.21 bits per heavy atom. The van der Waals surface area contributed by atoms with Gasteiger partial charge in [-0.15, -0.1) is 0 Å². The first-order chi connectivity index (χ1) is 11.5. The Bertz CT molecular complexity index is 502. The number of rotatable bonds is 5. The van der Waals surface area contributed by atoms with Crippen molar-refractivity contribution in [3.8, 4) is 0 Å². The highest BCUT2D eigenvalue weighted by Gasteiger charge is 2.64. The molecule has 136 valence electrons. The third-order valence-corrected chi connectivity index (χ3v) is 7.42. The molecule has 2 saturated carbocycles. The van der Waals surface area contributed by atoms with Crippen LogP contribution in [0, 0.1) is 23.2 Å². The fourth-order valence-corrected chi connectivity index (χ4v) is 5.82. The lowest BCUT2D eigenvalue weighted by molar-refractivity contribution is -0.147. The average Bonchev–Trinajstić information content (AvgIpc) is 3.25. The Morgan fingerprint density at radius 1 is 1.42 bits per heavy atom. The molecule has 4 rings (SSSR count). The highest BCUT2D eigenvalue weighted by atomic mass is 16.6. The number of fused-ring (bicyclic) bond motifs is 3. The average molecular weight is 337 g/mol. The van der Waals surface area contributed by atoms with Crippen molar-refractivity contribution in [2.24, 2.45) is 23.2 Å². The molecule has 4 fully saturated rings. The number of carbonyl (C=O) groups excluding carboxylic acids is 1. The number of hydrogen-bond donors (Lipinski definition) is 2. The van der Waals surface area contributed by atoms with Crippen molar-refractivity contribution < 1.29 is 19.4 Å². The summed E-state index contributed by atoms with van der Waals surface area (Å²) in [5.41, 5.74) is 0.369. The van der Waals surface area contributed by atoms with Gasteiger partial charge in [-0.05, 0) is 49.9 Å². The minimum absolute atomic E-state index is 0.0432. The molecule has 2 aliphatic carbocycles. The maximum atomic E-state index is 12.5. The van der Waals surface area contributed by atoms with E-state index in [1.165, 1.54) is 19.3 Å². The first-order valence-corrected chi connectivity index (χ1v) is 9.70. The third-order valence-electron chi connectivity index (χ3n) is 7.42. The quantitative estimate of drug-likeness (QED) is 0.592. The van der Waals surface area contributed by atoms with Crippen molar-refractivity contribution in [2.45, 2.75) is 70.1 Å². The number of ether oxygens (including phenoxy) is 2. The van der Waals surface area contributed by atoms with Gasteiger partial charge in [0, 0.05) is 18.5 Å². The summed E-state index contributed by atoms with van der Waals surface area (Å²) in [4.78, 5) is 12.5. The molecule has 0 unspecified atom stereocenters. The van der Waals surface area contributed by atoms with Gasteiger partial charge in [0.15, 0.2) is 0 Å². The maximum Gasteiger partial charge on any atom is 0.310 e. The summed E-state index contributed by atoms with van der Waals surface area (Å²) >= 11 is 0. The Kier molecular flexibility index (Phi) is 4.17. The van der Waals surface area contributed by atoms with Crippen LogP contribution in [0.4, 0.5) is 0 Å². The van der Waals surface area contributed by atoms with Crippen LogP contribution in [0.5, 0.6) is 0 Å². The molecule has 1 spiro atoms. The summed E-state index contributed by atoms with van der Waals surface area (Å²) in [7, 11) is 0. The van der Waals surface area contributed by atoms with E-state index in [0.29, 0.717) is 18.4 Å². The lowest BCUT2D eigenvalue weighted by Gasteiger charge is -2.51. The van der Waals surface area contributed by atoms with Gasteiger partial charge >= 0.3 is 5.97 Å². The van der Waals surface area contributed by atoms with Gasteiger partial charge in [0.25, 0.3) is 0 Å². The topological polar surface area (TPSA) is 71.1 Å². The Labute approximate surface area is 144 Å². The molecular formula is C19H31NO4. The van der Waals surface area contributed by atoms with Crippen molar-refractivity contribution in [2.75, 3.05) is 19.8 Å². The Morgan fingerprint density at radius 3 is 2.88 bits per heavy atom. The van der Waals surface area contributed by atoms with Crippen LogP contribution in [0.3, 0.4) is 0 Å². The summed E-state index contributed by atoms with van der Waals surface area (Å²) in [5.74, 6) is 0.756. The molecule has 0 aromatic heterocycles. The van der Waals surface area contributed by atoms with E-state index in [4.69, 9.17) is 9.47 Å². The normalized spacial score (nSPS) is 47.9. The van der Waals surface area contributed by atoms with Gasteiger partial charge in [0.05, 0.1) is 24.7 Å². The molecular weight excluding hydrogens is 306 g/mol. The second kappa shape index (κ2) is 5.96. The van der Waals surface area contributed by atoms with Crippen molar-refractivity contribution in [1.82, 2.24) is 5.32 Å². The van der Waals surface area contributed by atoms with E-state index in [0.717, 1.165) is 25.9 Å². The summed E-state index contributed by atoms with van der Waals surface area (Å²) in [6.07, 6.45) is 6.64. The van der Waals surface area contributed by atoms with E-state index in [1.807, 2.05) is 6.92 Å². The van der Waals surface area contributed by atoms with Gasteiger partial charge in [0.2, 0.25) is 0 Å². The highest BCUT2D eigenvalue weighted by molar-refractivity contribution is 5.75. The molecule has 0 aromatic rings. The van der Waals surface area contributed by atoms with Crippen LogP contribution >= 0.6 is 0 Å². The molecule has 4 aliphatic rings. The van der Waals surface area contributed by atoms with E-state index in [2.05, 4.69) is 12.2 Å². The second-order valence-electron chi connectivity index (χ2n) is 8.80. The predicted molar refractivity (Wildman–Crippen MR) is 89.4 cm³/mol. The predicted octanol–water partition coefficient (Wildman–Crippen LogP) is 1.87. The molecule has 5 heteroatoms. The minimum atomic E-state index is -0.0714. The number of aliphatic hydroxyl groups is 1. The fraction of sp³-hybridized carbons (Fsp3) is 0.947. The van der Waals surface area contributed by atoms with Crippen LogP contribution in [0.1, 0.15) is 52.4 Å². The number of aliphatic hydroxyl groups excluding tert-OH is 1. The molecule has 0 bridgehead atoms. The molecule has 7 atom stereocenters. The molecule has 0 amide bonds. The van der Waals surface area contributed by atoms with Crippen LogP contribution in [-0.4, -0.2) is 48.6 Å². The van der Waals surface area contributed by atoms with Crippen LogP contribution in [-0.2, 0) is 14.3 Å². The van der Waals surface area contributed by atoms with Crippen molar-refractivity contribution >= 4 is 5.97 Å². The summed E-state index contributed by atoms with van der Waals surface area (Å²) in [5, 5.41) is 12.7. The van der Waals surface area contributed by atoms with Gasteiger partial charge in [-0.3, -0.25) is 4.79 Å². The molecule has 0 aromatic carbocycles. The second-order valence-corrected chi connectivity index (χ2v) is 8.80. The molecule has 0 radical (unpaired) electrons. The van der Waals surface area contributed by atoms with Crippen LogP contribution in [0.25, 0.3) is 0 Å². The van der Waals surface area contributed by atoms with Crippen molar-refractivity contribution in [1.29, 1.82) is 0 Å². The van der Waals surface area contributed by atoms with Gasteiger partial charge in [-0.2, -0.15) is 0 Å². The van der Waals surface area contributed by atoms with Crippen LogP contribution in [0.2, 0.25) is 0 Å². The lowest BCUT2D eigenvalue weighted by Crippen LogP contribution is -2.51. The Hall–Kier alpha value is -0.650.